The smallest absolute Gasteiger partial charge is 0.303 e. The summed E-state index contributed by atoms with van der Waals surface area (Å²) in [5.41, 5.74) is 6.06. The van der Waals surface area contributed by atoms with E-state index in [-0.39, 0.29) is 31.6 Å². The average Bonchev–Trinajstić information content (AvgIpc) is 2.48. The molecule has 0 aliphatic carbocycles. The van der Waals surface area contributed by atoms with Crippen LogP contribution in [-0.4, -0.2) is 50.7 Å². The number of H-pyrrole nitrogens is 1. The first-order chi connectivity index (χ1) is 12.1. The van der Waals surface area contributed by atoms with Gasteiger partial charge in [-0.2, -0.15) is 0 Å². The molecule has 0 fully saturated rings. The predicted molar refractivity (Wildman–Crippen MR) is 92.8 cm³/mol. The minimum absolute atomic E-state index is 0.00805. The Morgan fingerprint density at radius 3 is 2.31 bits per heavy atom. The van der Waals surface area contributed by atoms with E-state index in [0.29, 0.717) is 0 Å². The summed E-state index contributed by atoms with van der Waals surface area (Å²) in [7, 11) is 1.78. The summed E-state index contributed by atoms with van der Waals surface area (Å²) in [6, 6.07) is -1.75. The summed E-state index contributed by atoms with van der Waals surface area (Å²) in [5, 5.41) is 16.7. The van der Waals surface area contributed by atoms with Crippen molar-refractivity contribution >= 4 is 23.7 Å². The van der Waals surface area contributed by atoms with Crippen molar-refractivity contribution in [1.82, 2.24) is 20.4 Å². The highest BCUT2D eigenvalue weighted by atomic mass is 16.4. The molecule has 146 valence electrons. The second-order valence-corrected chi connectivity index (χ2v) is 6.58. The molecule has 10 heteroatoms. The van der Waals surface area contributed by atoms with Gasteiger partial charge in [0, 0.05) is 32.5 Å². The molecule has 1 aromatic rings. The second kappa shape index (κ2) is 9.64. The summed E-state index contributed by atoms with van der Waals surface area (Å²) in [5.74, 6) is -2.79. The molecule has 1 heterocycles. The van der Waals surface area contributed by atoms with Gasteiger partial charge in [0.1, 0.15) is 12.1 Å². The van der Waals surface area contributed by atoms with E-state index < -0.39 is 35.8 Å². The maximum Gasteiger partial charge on any atom is 0.303 e. The normalized spacial score (nSPS) is 13.2. The number of carboxylic acid groups (broad SMARTS) is 1. The minimum Gasteiger partial charge on any atom is -0.481 e. The third-order valence-electron chi connectivity index (χ3n) is 3.81. The Kier molecular flexibility index (Phi) is 7.88. The van der Waals surface area contributed by atoms with Crippen LogP contribution in [0.2, 0.25) is 0 Å². The van der Waals surface area contributed by atoms with Crippen molar-refractivity contribution in [3.05, 3.63) is 11.9 Å². The lowest BCUT2D eigenvalue weighted by molar-refractivity contribution is -0.137. The summed E-state index contributed by atoms with van der Waals surface area (Å²) < 4.78 is 1.69. The molecule has 3 amide bonds. The van der Waals surface area contributed by atoms with Gasteiger partial charge in [-0.3, -0.25) is 23.9 Å². The van der Waals surface area contributed by atoms with Crippen LogP contribution in [0.3, 0.4) is 0 Å². The van der Waals surface area contributed by atoms with Crippen LogP contribution < -0.4 is 16.4 Å². The van der Waals surface area contributed by atoms with Crippen LogP contribution in [0.4, 0.5) is 0 Å². The van der Waals surface area contributed by atoms with Crippen molar-refractivity contribution in [3.63, 3.8) is 0 Å². The maximum atomic E-state index is 12.5. The Balaban J connectivity index is 2.74. The van der Waals surface area contributed by atoms with Crippen LogP contribution in [0, 0.1) is 5.92 Å². The molecule has 2 atom stereocenters. The van der Waals surface area contributed by atoms with E-state index in [9.17, 15) is 19.2 Å². The third-order valence-corrected chi connectivity index (χ3v) is 3.81. The fourth-order valence-electron chi connectivity index (χ4n) is 2.47. The van der Waals surface area contributed by atoms with Gasteiger partial charge in [-0.25, -0.2) is 0 Å². The fourth-order valence-corrected chi connectivity index (χ4v) is 2.47. The Hall–Kier alpha value is -2.78. The van der Waals surface area contributed by atoms with Gasteiger partial charge in [-0.15, -0.1) is 0 Å². The Bertz CT molecular complexity index is 636. The fraction of sp³-hybridized carbons (Fsp3) is 0.625. The number of aromatic amines is 1. The van der Waals surface area contributed by atoms with Crippen LogP contribution in [0.15, 0.2) is 6.20 Å². The number of nitrogens with two attached hydrogens (primary N) is 1. The van der Waals surface area contributed by atoms with Crippen molar-refractivity contribution in [2.24, 2.45) is 18.7 Å². The predicted octanol–water partition coefficient (Wildman–Crippen LogP) is -0.738. The average molecular weight is 369 g/mol. The van der Waals surface area contributed by atoms with Crippen LogP contribution in [0.5, 0.6) is 0 Å². The SMILES string of the molecule is CC(C)C(NC(=O)C(Cc1cn(C)[nH]1)NC(=O)CCCC(=O)O)C(N)=O. The number of nitrogens with zero attached hydrogens (tertiary/aromatic N) is 1. The van der Waals surface area contributed by atoms with E-state index >= 15 is 0 Å². The molecular formula is C16H27N5O5. The second-order valence-electron chi connectivity index (χ2n) is 6.58. The molecule has 2 unspecified atom stereocenters. The summed E-state index contributed by atoms with van der Waals surface area (Å²) in [6.45, 7) is 3.50. The lowest BCUT2D eigenvalue weighted by Crippen LogP contribution is -2.55. The lowest BCUT2D eigenvalue weighted by atomic mass is 10.0. The molecule has 1 aromatic heterocycles. The standard InChI is InChI=1S/C16H27N5O5/c1-9(2)14(15(17)25)19-16(26)11(7-10-8-21(3)20-10)18-12(22)5-4-6-13(23)24/h8-9,11,14,20H,4-7H2,1-3H3,(H2,17,25)(H,18,22)(H,19,26)(H,23,24). The monoisotopic (exact) mass is 369 g/mol. The molecular weight excluding hydrogens is 342 g/mol. The van der Waals surface area contributed by atoms with E-state index in [2.05, 4.69) is 15.7 Å². The van der Waals surface area contributed by atoms with Gasteiger partial charge in [-0.05, 0) is 12.3 Å². The Morgan fingerprint density at radius 2 is 1.85 bits per heavy atom. The highest BCUT2D eigenvalue weighted by Gasteiger charge is 2.28. The quantitative estimate of drug-likeness (QED) is 0.347. The molecule has 0 bridgehead atoms. The molecule has 6 N–H and O–H groups in total. The van der Waals surface area contributed by atoms with Gasteiger partial charge in [0.05, 0.1) is 5.69 Å². The van der Waals surface area contributed by atoms with Gasteiger partial charge >= 0.3 is 5.97 Å². The molecule has 10 nitrogen and oxygen atoms in total. The number of amides is 3. The van der Waals surface area contributed by atoms with Crippen molar-refractivity contribution in [2.75, 3.05) is 0 Å². The zero-order valence-electron chi connectivity index (χ0n) is 15.2. The molecule has 0 aromatic carbocycles. The first kappa shape index (κ1) is 21.3. The number of carbonyl (C=O) groups is 4. The number of carboxylic acids is 1. The van der Waals surface area contributed by atoms with Crippen molar-refractivity contribution in [3.8, 4) is 0 Å². The molecule has 0 aliphatic rings. The summed E-state index contributed by atoms with van der Waals surface area (Å²) in [6.07, 6.45) is 2.02. The van der Waals surface area contributed by atoms with Gasteiger partial charge in [0.2, 0.25) is 17.7 Å². The van der Waals surface area contributed by atoms with Crippen molar-refractivity contribution in [2.45, 2.75) is 51.6 Å². The molecule has 0 saturated carbocycles. The number of aryl methyl sites for hydroxylation is 1. The van der Waals surface area contributed by atoms with Gasteiger partial charge in [0.15, 0.2) is 0 Å². The molecule has 0 spiro atoms. The van der Waals surface area contributed by atoms with E-state index in [1.807, 2.05) is 0 Å². The van der Waals surface area contributed by atoms with E-state index in [0.717, 1.165) is 5.69 Å². The van der Waals surface area contributed by atoms with Gasteiger partial charge in [0.25, 0.3) is 0 Å². The molecule has 1 rings (SSSR count). The van der Waals surface area contributed by atoms with Gasteiger partial charge in [-0.1, -0.05) is 13.8 Å². The lowest BCUT2D eigenvalue weighted by Gasteiger charge is -2.24. The number of hydrogen-bond donors (Lipinski definition) is 5. The van der Waals surface area contributed by atoms with E-state index in [1.54, 1.807) is 31.8 Å². The third kappa shape index (κ3) is 6.99. The number of hydrogen-bond acceptors (Lipinski definition) is 4. The molecule has 0 saturated heterocycles. The van der Waals surface area contributed by atoms with E-state index in [1.165, 1.54) is 0 Å². The molecule has 26 heavy (non-hydrogen) atoms. The number of carbonyl (C=O) groups excluding carboxylic acids is 3. The Labute approximate surface area is 151 Å². The van der Waals surface area contributed by atoms with Crippen LogP contribution in [0.1, 0.15) is 38.8 Å². The van der Waals surface area contributed by atoms with Crippen LogP contribution in [-0.2, 0) is 32.6 Å². The first-order valence-electron chi connectivity index (χ1n) is 8.41. The number of nitrogens with one attached hydrogen (secondary N) is 3. The number of aliphatic carboxylic acids is 1. The topological polar surface area (TPSA) is 159 Å². The zero-order valence-corrected chi connectivity index (χ0v) is 15.2. The van der Waals surface area contributed by atoms with Gasteiger partial charge < -0.3 is 26.6 Å². The maximum absolute atomic E-state index is 12.5. The minimum atomic E-state index is -0.986. The summed E-state index contributed by atoms with van der Waals surface area (Å²) in [4.78, 5) is 46.6. The number of primary amides is 1. The van der Waals surface area contributed by atoms with Crippen LogP contribution in [0.25, 0.3) is 0 Å². The number of aromatic nitrogens is 2. The highest BCUT2D eigenvalue weighted by molar-refractivity contribution is 5.91. The molecule has 0 aliphatic heterocycles. The zero-order chi connectivity index (χ0) is 19.9. The highest BCUT2D eigenvalue weighted by Crippen LogP contribution is 2.06. The van der Waals surface area contributed by atoms with Crippen molar-refractivity contribution < 1.29 is 24.3 Å². The van der Waals surface area contributed by atoms with Crippen LogP contribution >= 0.6 is 0 Å². The Morgan fingerprint density at radius 1 is 1.23 bits per heavy atom. The van der Waals surface area contributed by atoms with E-state index in [4.69, 9.17) is 10.8 Å². The number of rotatable bonds is 11. The first-order valence-corrected chi connectivity index (χ1v) is 8.41. The summed E-state index contributed by atoms with van der Waals surface area (Å²) >= 11 is 0. The van der Waals surface area contributed by atoms with Crippen molar-refractivity contribution in [1.29, 1.82) is 0 Å². The largest absolute Gasteiger partial charge is 0.481 e. The molecule has 0 radical (unpaired) electrons.